The lowest BCUT2D eigenvalue weighted by Crippen LogP contribution is -2.22. The molecule has 0 radical (unpaired) electrons. The summed E-state index contributed by atoms with van der Waals surface area (Å²) in [6.07, 6.45) is 1.21. The molecule has 0 spiro atoms. The fourth-order valence-corrected chi connectivity index (χ4v) is 4.07. The van der Waals surface area contributed by atoms with Crippen LogP contribution in [0.25, 0.3) is 6.08 Å². The predicted octanol–water partition coefficient (Wildman–Crippen LogP) is 4.09. The van der Waals surface area contributed by atoms with Crippen molar-refractivity contribution < 1.29 is 13.2 Å². The zero-order valence-corrected chi connectivity index (χ0v) is 15.3. The van der Waals surface area contributed by atoms with Crippen molar-refractivity contribution in [2.45, 2.75) is 5.75 Å². The van der Waals surface area contributed by atoms with Gasteiger partial charge in [0.05, 0.1) is 5.75 Å². The third-order valence-electron chi connectivity index (χ3n) is 3.11. The summed E-state index contributed by atoms with van der Waals surface area (Å²) < 4.78 is 25.1. The fourth-order valence-electron chi connectivity index (χ4n) is 1.95. The summed E-state index contributed by atoms with van der Waals surface area (Å²) in [4.78, 5) is 11.1. The first kappa shape index (κ1) is 18.8. The third-order valence-corrected chi connectivity index (χ3v) is 5.63. The van der Waals surface area contributed by atoms with E-state index in [0.717, 1.165) is 0 Å². The summed E-state index contributed by atoms with van der Waals surface area (Å²) in [5, 5.41) is 1.07. The van der Waals surface area contributed by atoms with Crippen LogP contribution in [0.2, 0.25) is 15.1 Å². The van der Waals surface area contributed by atoms with E-state index in [1.165, 1.54) is 24.3 Å². The molecular formula is C16H12Cl3NO3S. The van der Waals surface area contributed by atoms with Crippen molar-refractivity contribution in [3.8, 4) is 0 Å². The third kappa shape index (κ3) is 4.74. The summed E-state index contributed by atoms with van der Waals surface area (Å²) in [5.74, 6) is -1.51. The van der Waals surface area contributed by atoms with Crippen LogP contribution in [0, 0.1) is 0 Å². The maximum absolute atomic E-state index is 12.6. The highest BCUT2D eigenvalue weighted by molar-refractivity contribution is 7.95. The zero-order valence-electron chi connectivity index (χ0n) is 12.2. The Bertz CT molecular complexity index is 907. The lowest BCUT2D eigenvalue weighted by Gasteiger charge is -2.08. The van der Waals surface area contributed by atoms with Crippen molar-refractivity contribution in [2.24, 2.45) is 5.73 Å². The van der Waals surface area contributed by atoms with Gasteiger partial charge in [0.25, 0.3) is 5.91 Å². The molecule has 0 aromatic heterocycles. The maximum atomic E-state index is 12.6. The molecule has 2 aromatic rings. The number of carbonyl (C=O) groups is 1. The Morgan fingerprint density at radius 2 is 1.58 bits per heavy atom. The SMILES string of the molecule is NC(=O)C(=Cc1ccc(Cl)cc1)S(=O)(=O)Cc1ccc(Cl)cc1Cl. The van der Waals surface area contributed by atoms with Crippen molar-refractivity contribution in [3.63, 3.8) is 0 Å². The van der Waals surface area contributed by atoms with Gasteiger partial charge in [-0.05, 0) is 41.5 Å². The zero-order chi connectivity index (χ0) is 17.9. The van der Waals surface area contributed by atoms with Crippen LogP contribution in [-0.4, -0.2) is 14.3 Å². The molecule has 4 nitrogen and oxygen atoms in total. The van der Waals surface area contributed by atoms with Gasteiger partial charge in [0.2, 0.25) is 0 Å². The average Bonchev–Trinajstić information content (AvgIpc) is 2.49. The topological polar surface area (TPSA) is 77.2 Å². The molecule has 0 saturated heterocycles. The van der Waals surface area contributed by atoms with Gasteiger partial charge in [-0.2, -0.15) is 0 Å². The molecule has 0 aliphatic heterocycles. The van der Waals surface area contributed by atoms with Crippen molar-refractivity contribution in [1.29, 1.82) is 0 Å². The molecule has 8 heteroatoms. The van der Waals surface area contributed by atoms with Crippen molar-refractivity contribution in [1.82, 2.24) is 0 Å². The van der Waals surface area contributed by atoms with Crippen LogP contribution < -0.4 is 5.73 Å². The quantitative estimate of drug-likeness (QED) is 0.762. The van der Waals surface area contributed by atoms with Gasteiger partial charge in [-0.1, -0.05) is 53.0 Å². The fraction of sp³-hybridized carbons (Fsp3) is 0.0625. The molecule has 24 heavy (non-hydrogen) atoms. The summed E-state index contributed by atoms with van der Waals surface area (Å²) >= 11 is 17.6. The number of benzene rings is 2. The molecule has 2 aromatic carbocycles. The van der Waals surface area contributed by atoms with Crippen molar-refractivity contribution >= 4 is 56.6 Å². The number of amides is 1. The Morgan fingerprint density at radius 3 is 2.12 bits per heavy atom. The molecule has 0 unspecified atom stereocenters. The smallest absolute Gasteiger partial charge is 0.260 e. The second kappa shape index (κ2) is 7.57. The number of rotatable bonds is 5. The number of halogens is 3. The molecule has 1 amide bonds. The Balaban J connectivity index is 2.42. The molecule has 0 heterocycles. The van der Waals surface area contributed by atoms with Gasteiger partial charge in [0, 0.05) is 15.1 Å². The number of carbonyl (C=O) groups excluding carboxylic acids is 1. The minimum absolute atomic E-state index is 0.196. The Kier molecular flexibility index (Phi) is 5.93. The Labute approximate surface area is 154 Å². The van der Waals surface area contributed by atoms with Crippen LogP contribution >= 0.6 is 34.8 Å². The molecular weight excluding hydrogens is 393 g/mol. The van der Waals surface area contributed by atoms with Crippen LogP contribution in [0.5, 0.6) is 0 Å². The number of hydrogen-bond acceptors (Lipinski definition) is 3. The average molecular weight is 405 g/mol. The molecule has 2 N–H and O–H groups in total. The molecule has 126 valence electrons. The van der Waals surface area contributed by atoms with Crippen molar-refractivity contribution in [3.05, 3.63) is 73.6 Å². The van der Waals surface area contributed by atoms with E-state index in [4.69, 9.17) is 40.5 Å². The van der Waals surface area contributed by atoms with E-state index in [1.807, 2.05) is 0 Å². The van der Waals surface area contributed by atoms with E-state index in [9.17, 15) is 13.2 Å². The Hall–Kier alpha value is -1.53. The van der Waals surface area contributed by atoms with Gasteiger partial charge in [-0.3, -0.25) is 4.79 Å². The van der Waals surface area contributed by atoms with Gasteiger partial charge in [0.15, 0.2) is 9.84 Å². The van der Waals surface area contributed by atoms with Gasteiger partial charge < -0.3 is 5.73 Å². The maximum Gasteiger partial charge on any atom is 0.260 e. The highest BCUT2D eigenvalue weighted by atomic mass is 35.5. The van der Waals surface area contributed by atoms with Gasteiger partial charge >= 0.3 is 0 Å². The minimum atomic E-state index is -3.99. The first-order chi connectivity index (χ1) is 11.2. The van der Waals surface area contributed by atoms with Crippen molar-refractivity contribution in [2.75, 3.05) is 0 Å². The second-order valence-corrected chi connectivity index (χ2v) is 8.16. The van der Waals surface area contributed by atoms with E-state index in [2.05, 4.69) is 0 Å². The van der Waals surface area contributed by atoms with Gasteiger partial charge in [-0.25, -0.2) is 8.42 Å². The number of primary amides is 1. The van der Waals surface area contributed by atoms with E-state index in [-0.39, 0.29) is 5.02 Å². The summed E-state index contributed by atoms with van der Waals surface area (Å²) in [6.45, 7) is 0. The molecule has 0 bridgehead atoms. The van der Waals surface area contributed by atoms with Crippen LogP contribution in [0.4, 0.5) is 0 Å². The summed E-state index contributed by atoms with van der Waals surface area (Å²) in [7, 11) is -3.99. The normalized spacial score (nSPS) is 12.2. The largest absolute Gasteiger partial charge is 0.365 e. The second-order valence-electron chi connectivity index (χ2n) is 4.92. The monoisotopic (exact) mass is 403 g/mol. The van der Waals surface area contributed by atoms with E-state index in [0.29, 0.717) is 21.2 Å². The number of hydrogen-bond donors (Lipinski definition) is 1. The molecule has 0 fully saturated rings. The molecule has 0 aliphatic rings. The predicted molar refractivity (Wildman–Crippen MR) is 97.7 cm³/mol. The standard InChI is InChI=1S/C16H12Cl3NO3S/c17-12-4-1-10(2-5-12)7-15(16(20)21)24(22,23)9-11-3-6-13(18)8-14(11)19/h1-8H,9H2,(H2,20,21). The van der Waals surface area contributed by atoms with Gasteiger partial charge in [-0.15, -0.1) is 0 Å². The molecule has 0 saturated carbocycles. The van der Waals surface area contributed by atoms with E-state index >= 15 is 0 Å². The molecule has 2 rings (SSSR count). The van der Waals surface area contributed by atoms with Crippen LogP contribution in [0.1, 0.15) is 11.1 Å². The minimum Gasteiger partial charge on any atom is -0.365 e. The van der Waals surface area contributed by atoms with E-state index < -0.39 is 26.4 Å². The van der Waals surface area contributed by atoms with Crippen LogP contribution in [0.3, 0.4) is 0 Å². The first-order valence-corrected chi connectivity index (χ1v) is 9.41. The van der Waals surface area contributed by atoms with Crippen LogP contribution in [-0.2, 0) is 20.4 Å². The highest BCUT2D eigenvalue weighted by Crippen LogP contribution is 2.25. The van der Waals surface area contributed by atoms with E-state index in [1.54, 1.807) is 24.3 Å². The number of nitrogens with two attached hydrogens (primary N) is 1. The number of sulfone groups is 1. The highest BCUT2D eigenvalue weighted by Gasteiger charge is 2.24. The lowest BCUT2D eigenvalue weighted by atomic mass is 10.2. The summed E-state index contributed by atoms with van der Waals surface area (Å²) in [5.41, 5.74) is 6.06. The summed E-state index contributed by atoms with van der Waals surface area (Å²) in [6, 6.07) is 10.8. The molecule has 0 aliphatic carbocycles. The van der Waals surface area contributed by atoms with Gasteiger partial charge in [0.1, 0.15) is 4.91 Å². The lowest BCUT2D eigenvalue weighted by molar-refractivity contribution is -0.113. The Morgan fingerprint density at radius 1 is 1.00 bits per heavy atom. The molecule has 0 atom stereocenters. The first-order valence-electron chi connectivity index (χ1n) is 6.63. The van der Waals surface area contributed by atoms with Crippen LogP contribution in [0.15, 0.2) is 47.4 Å².